The fourth-order valence-electron chi connectivity index (χ4n) is 2.02. The fourth-order valence-corrected chi connectivity index (χ4v) is 2.02. The van der Waals surface area contributed by atoms with E-state index in [2.05, 4.69) is 43.2 Å². The number of hydrogen-bond acceptors (Lipinski definition) is 3. The Hall–Kier alpha value is -1.61. The van der Waals surface area contributed by atoms with E-state index in [0.717, 1.165) is 28.9 Å². The third-order valence-electron chi connectivity index (χ3n) is 3.65. The zero-order valence-electron chi connectivity index (χ0n) is 12.8. The third-order valence-corrected chi connectivity index (χ3v) is 3.65. The van der Waals surface area contributed by atoms with E-state index in [4.69, 9.17) is 4.74 Å². The van der Waals surface area contributed by atoms with Gasteiger partial charge in [-0.2, -0.15) is 0 Å². The Morgan fingerprint density at radius 3 is 2.70 bits per heavy atom. The number of rotatable bonds is 6. The van der Waals surface area contributed by atoms with Gasteiger partial charge in [-0.1, -0.05) is 32.0 Å². The van der Waals surface area contributed by atoms with Gasteiger partial charge in [0.1, 0.15) is 17.9 Å². The molecule has 3 heteroatoms. The van der Waals surface area contributed by atoms with E-state index >= 15 is 0 Å². The number of nitrogens with zero attached hydrogens (tertiary/aromatic N) is 1. The molecule has 1 N–H and O–H groups in total. The van der Waals surface area contributed by atoms with Crippen molar-refractivity contribution < 1.29 is 4.74 Å². The highest BCUT2D eigenvalue weighted by Gasteiger charge is 2.06. The summed E-state index contributed by atoms with van der Waals surface area (Å²) in [6.45, 7) is 10.1. The van der Waals surface area contributed by atoms with E-state index in [1.165, 1.54) is 0 Å². The molecule has 3 nitrogen and oxygen atoms in total. The summed E-state index contributed by atoms with van der Waals surface area (Å²) in [6, 6.07) is 10.7. The molecular formula is C17H24N2O. The lowest BCUT2D eigenvalue weighted by molar-refractivity contribution is 0.299. The summed E-state index contributed by atoms with van der Waals surface area (Å²) in [5, 5.41) is 4.59. The van der Waals surface area contributed by atoms with Crippen LogP contribution in [-0.4, -0.2) is 24.2 Å². The largest absolute Gasteiger partial charge is 0.490 e. The van der Waals surface area contributed by atoms with Crippen molar-refractivity contribution in [2.75, 3.05) is 13.2 Å². The first-order chi connectivity index (χ1) is 9.58. The molecule has 0 saturated carbocycles. The highest BCUT2D eigenvalue weighted by atomic mass is 16.5. The van der Waals surface area contributed by atoms with Crippen LogP contribution in [0, 0.1) is 12.8 Å². The maximum atomic E-state index is 5.88. The third kappa shape index (κ3) is 3.70. The monoisotopic (exact) mass is 272 g/mol. The summed E-state index contributed by atoms with van der Waals surface area (Å²) in [4.78, 5) is 4.57. The van der Waals surface area contributed by atoms with Crippen molar-refractivity contribution in [1.82, 2.24) is 10.3 Å². The molecule has 2 aromatic rings. The van der Waals surface area contributed by atoms with Gasteiger partial charge in [0.2, 0.25) is 0 Å². The summed E-state index contributed by atoms with van der Waals surface area (Å²) in [7, 11) is 0. The van der Waals surface area contributed by atoms with Gasteiger partial charge in [-0.15, -0.1) is 0 Å². The Morgan fingerprint density at radius 1 is 1.15 bits per heavy atom. The molecule has 1 aromatic carbocycles. The van der Waals surface area contributed by atoms with Gasteiger partial charge >= 0.3 is 0 Å². The van der Waals surface area contributed by atoms with Crippen LogP contribution in [0.4, 0.5) is 0 Å². The van der Waals surface area contributed by atoms with Crippen molar-refractivity contribution in [2.45, 2.75) is 33.7 Å². The Balaban J connectivity index is 1.98. The number of para-hydroxylation sites is 1. The molecule has 108 valence electrons. The second-order valence-corrected chi connectivity index (χ2v) is 5.62. The lowest BCUT2D eigenvalue weighted by Crippen LogP contribution is -2.33. The van der Waals surface area contributed by atoms with Crippen molar-refractivity contribution >= 4 is 10.9 Å². The van der Waals surface area contributed by atoms with Crippen LogP contribution in [0.25, 0.3) is 10.9 Å². The molecule has 0 aliphatic heterocycles. The molecule has 1 atom stereocenters. The topological polar surface area (TPSA) is 34.1 Å². The lowest BCUT2D eigenvalue weighted by Gasteiger charge is -2.17. The van der Waals surface area contributed by atoms with E-state index in [1.807, 2.05) is 25.1 Å². The summed E-state index contributed by atoms with van der Waals surface area (Å²) in [6.07, 6.45) is 0. The van der Waals surface area contributed by atoms with Crippen LogP contribution in [0.2, 0.25) is 0 Å². The van der Waals surface area contributed by atoms with Gasteiger partial charge in [0, 0.05) is 23.7 Å². The molecule has 0 bridgehead atoms. The predicted molar refractivity (Wildman–Crippen MR) is 84.3 cm³/mol. The number of ether oxygens (including phenoxy) is 1. The van der Waals surface area contributed by atoms with Crippen LogP contribution < -0.4 is 10.1 Å². The second kappa shape index (κ2) is 6.71. The molecule has 0 saturated heterocycles. The molecule has 1 unspecified atom stereocenters. The molecule has 1 heterocycles. The molecule has 1 aromatic heterocycles. The van der Waals surface area contributed by atoms with Crippen molar-refractivity contribution in [3.63, 3.8) is 0 Å². The smallest absolute Gasteiger partial charge is 0.145 e. The van der Waals surface area contributed by atoms with Crippen LogP contribution in [0.1, 0.15) is 26.5 Å². The van der Waals surface area contributed by atoms with E-state index in [0.29, 0.717) is 18.6 Å². The zero-order chi connectivity index (χ0) is 14.5. The van der Waals surface area contributed by atoms with Gasteiger partial charge in [0.15, 0.2) is 0 Å². The summed E-state index contributed by atoms with van der Waals surface area (Å²) in [5.41, 5.74) is 1.96. The lowest BCUT2D eigenvalue weighted by atomic mass is 10.1. The second-order valence-electron chi connectivity index (χ2n) is 5.62. The van der Waals surface area contributed by atoms with Gasteiger partial charge in [-0.25, -0.2) is 4.98 Å². The van der Waals surface area contributed by atoms with Crippen molar-refractivity contribution in [1.29, 1.82) is 0 Å². The van der Waals surface area contributed by atoms with Gasteiger partial charge in [-0.05, 0) is 31.9 Å². The molecule has 0 fully saturated rings. The van der Waals surface area contributed by atoms with Crippen LogP contribution in [0.3, 0.4) is 0 Å². The number of aromatic nitrogens is 1. The maximum absolute atomic E-state index is 5.88. The first-order valence-corrected chi connectivity index (χ1v) is 7.30. The fraction of sp³-hybridized carbons (Fsp3) is 0.471. The van der Waals surface area contributed by atoms with Crippen molar-refractivity contribution in [3.05, 3.63) is 36.0 Å². The molecule has 0 spiro atoms. The van der Waals surface area contributed by atoms with E-state index in [1.54, 1.807) is 0 Å². The average molecular weight is 272 g/mol. The summed E-state index contributed by atoms with van der Waals surface area (Å²) < 4.78 is 5.88. The minimum Gasteiger partial charge on any atom is -0.490 e. The predicted octanol–water partition coefficient (Wildman–Crippen LogP) is 3.56. The zero-order valence-corrected chi connectivity index (χ0v) is 12.8. The quantitative estimate of drug-likeness (QED) is 0.816. The minimum absolute atomic E-state index is 0.506. The molecule has 0 amide bonds. The first-order valence-electron chi connectivity index (χ1n) is 7.30. The Morgan fingerprint density at radius 2 is 1.95 bits per heavy atom. The number of pyridine rings is 1. The number of aryl methyl sites for hydroxylation is 1. The highest BCUT2D eigenvalue weighted by molar-refractivity contribution is 5.84. The Bertz CT molecular complexity index is 566. The van der Waals surface area contributed by atoms with E-state index in [-0.39, 0.29) is 0 Å². The Kier molecular flexibility index (Phi) is 4.96. The molecule has 20 heavy (non-hydrogen) atoms. The summed E-state index contributed by atoms with van der Waals surface area (Å²) in [5.74, 6) is 1.50. The molecular weight excluding hydrogens is 248 g/mol. The SMILES string of the molecule is Cc1ccc2cccc(OCCNC(C)C(C)C)c2n1. The van der Waals surface area contributed by atoms with Crippen LogP contribution in [-0.2, 0) is 0 Å². The first kappa shape index (κ1) is 14.8. The van der Waals surface area contributed by atoms with Crippen molar-refractivity contribution in [2.24, 2.45) is 5.92 Å². The number of fused-ring (bicyclic) bond motifs is 1. The molecule has 0 radical (unpaired) electrons. The van der Waals surface area contributed by atoms with E-state index in [9.17, 15) is 0 Å². The van der Waals surface area contributed by atoms with Crippen LogP contribution >= 0.6 is 0 Å². The molecule has 0 aliphatic rings. The van der Waals surface area contributed by atoms with Gasteiger partial charge in [-0.3, -0.25) is 0 Å². The molecule has 0 aliphatic carbocycles. The van der Waals surface area contributed by atoms with Gasteiger partial charge in [0.25, 0.3) is 0 Å². The summed E-state index contributed by atoms with van der Waals surface area (Å²) >= 11 is 0. The number of hydrogen-bond donors (Lipinski definition) is 1. The minimum atomic E-state index is 0.506. The maximum Gasteiger partial charge on any atom is 0.145 e. The standard InChI is InChI=1S/C17H24N2O/c1-12(2)14(4)18-10-11-20-16-7-5-6-15-9-8-13(3)19-17(15)16/h5-9,12,14,18H,10-11H2,1-4H3. The van der Waals surface area contributed by atoms with Crippen molar-refractivity contribution in [3.8, 4) is 5.75 Å². The van der Waals surface area contributed by atoms with Gasteiger partial charge < -0.3 is 10.1 Å². The normalized spacial score (nSPS) is 12.8. The van der Waals surface area contributed by atoms with Crippen LogP contribution in [0.5, 0.6) is 5.75 Å². The van der Waals surface area contributed by atoms with Gasteiger partial charge in [0.05, 0.1) is 0 Å². The van der Waals surface area contributed by atoms with E-state index < -0.39 is 0 Å². The molecule has 2 rings (SSSR count). The Labute approximate surface area is 121 Å². The number of nitrogens with one attached hydrogen (secondary N) is 1. The number of benzene rings is 1. The van der Waals surface area contributed by atoms with Crippen LogP contribution in [0.15, 0.2) is 30.3 Å². The average Bonchev–Trinajstić information content (AvgIpc) is 2.43. The highest BCUT2D eigenvalue weighted by Crippen LogP contribution is 2.23.